The minimum Gasteiger partial charge on any atom is -0.387 e. The van der Waals surface area contributed by atoms with Crippen molar-refractivity contribution in [3.05, 3.63) is 0 Å². The second kappa shape index (κ2) is 2.75. The van der Waals surface area contributed by atoms with E-state index in [4.69, 9.17) is 14.2 Å². The number of rotatable bonds is 1. The highest BCUT2D eigenvalue weighted by Crippen LogP contribution is 2.36. The zero-order chi connectivity index (χ0) is 9.64. The van der Waals surface area contributed by atoms with E-state index in [2.05, 4.69) is 0 Å². The highest BCUT2D eigenvalue weighted by Gasteiger charge is 2.54. The fourth-order valence-corrected chi connectivity index (χ4v) is 1.63. The van der Waals surface area contributed by atoms with Crippen LogP contribution in [-0.4, -0.2) is 41.8 Å². The molecule has 4 atom stereocenters. The van der Waals surface area contributed by atoms with Gasteiger partial charge in [-0.1, -0.05) is 0 Å². The normalized spacial score (nSPS) is 47.6. The molecular formula is C8H12O5. The summed E-state index contributed by atoms with van der Waals surface area (Å²) in [6.45, 7) is 3.47. The van der Waals surface area contributed by atoms with E-state index in [0.717, 1.165) is 0 Å². The summed E-state index contributed by atoms with van der Waals surface area (Å²) in [5.41, 5.74) is 0. The summed E-state index contributed by atoms with van der Waals surface area (Å²) >= 11 is 0. The molecule has 0 saturated carbocycles. The number of aliphatic hydroxyl groups is 1. The molecule has 0 radical (unpaired) electrons. The van der Waals surface area contributed by atoms with Crippen molar-refractivity contribution in [1.82, 2.24) is 0 Å². The van der Waals surface area contributed by atoms with Gasteiger partial charge in [-0.2, -0.15) is 0 Å². The van der Waals surface area contributed by atoms with Crippen LogP contribution in [0.15, 0.2) is 0 Å². The number of aliphatic hydroxyl groups excluding tert-OH is 1. The Bertz CT molecular complexity index is 227. The Morgan fingerprint density at radius 2 is 2.08 bits per heavy atom. The summed E-state index contributed by atoms with van der Waals surface area (Å²) < 4.78 is 15.8. The van der Waals surface area contributed by atoms with Crippen molar-refractivity contribution < 1.29 is 24.1 Å². The third-order valence-corrected chi connectivity index (χ3v) is 2.19. The highest BCUT2D eigenvalue weighted by molar-refractivity contribution is 5.58. The first kappa shape index (κ1) is 9.08. The largest absolute Gasteiger partial charge is 0.387 e. The molecule has 0 aromatic heterocycles. The molecule has 2 saturated heterocycles. The van der Waals surface area contributed by atoms with Crippen LogP contribution >= 0.6 is 0 Å². The van der Waals surface area contributed by atoms with Gasteiger partial charge in [-0.05, 0) is 13.8 Å². The Labute approximate surface area is 75.6 Å². The Hall–Kier alpha value is -0.490. The Morgan fingerprint density at radius 3 is 2.62 bits per heavy atom. The number of aldehydes is 1. The average molecular weight is 188 g/mol. The molecule has 2 heterocycles. The lowest BCUT2D eigenvalue weighted by Crippen LogP contribution is -2.35. The van der Waals surface area contributed by atoms with Gasteiger partial charge in [0.1, 0.15) is 18.3 Å². The lowest BCUT2D eigenvalue weighted by Gasteiger charge is -2.20. The maximum atomic E-state index is 10.4. The van der Waals surface area contributed by atoms with E-state index in [0.29, 0.717) is 6.29 Å². The second-order valence-electron chi connectivity index (χ2n) is 3.70. The smallest absolute Gasteiger partial charge is 0.190 e. The number of carbonyl (C=O) groups excluding carboxylic acids is 1. The van der Waals surface area contributed by atoms with Crippen LogP contribution in [-0.2, 0) is 19.0 Å². The lowest BCUT2D eigenvalue weighted by atomic mass is 10.1. The Morgan fingerprint density at radius 1 is 1.38 bits per heavy atom. The van der Waals surface area contributed by atoms with E-state index in [1.807, 2.05) is 0 Å². The Balaban J connectivity index is 2.11. The van der Waals surface area contributed by atoms with Crippen molar-refractivity contribution in [2.24, 2.45) is 0 Å². The predicted octanol–water partition coefficient (Wildman–Crippen LogP) is -0.577. The van der Waals surface area contributed by atoms with Crippen molar-refractivity contribution in [3.63, 3.8) is 0 Å². The molecule has 13 heavy (non-hydrogen) atoms. The number of ether oxygens (including phenoxy) is 3. The third kappa shape index (κ3) is 1.38. The van der Waals surface area contributed by atoms with Gasteiger partial charge in [0.25, 0.3) is 0 Å². The molecule has 0 unspecified atom stereocenters. The van der Waals surface area contributed by atoms with Gasteiger partial charge in [0, 0.05) is 0 Å². The van der Waals surface area contributed by atoms with Crippen molar-refractivity contribution in [3.8, 4) is 0 Å². The molecule has 2 fully saturated rings. The topological polar surface area (TPSA) is 65.0 Å². The van der Waals surface area contributed by atoms with Crippen molar-refractivity contribution in [2.45, 2.75) is 44.2 Å². The molecule has 1 N–H and O–H groups in total. The van der Waals surface area contributed by atoms with E-state index >= 15 is 0 Å². The third-order valence-electron chi connectivity index (χ3n) is 2.19. The number of carbonyl (C=O) groups is 1. The Kier molecular flexibility index (Phi) is 1.92. The molecule has 0 spiro atoms. The van der Waals surface area contributed by atoms with Crippen molar-refractivity contribution in [2.75, 3.05) is 0 Å². The molecule has 0 aromatic rings. The molecule has 2 aliphatic rings. The SMILES string of the molecule is CC1(C)O[C@H]2O[C@H](C=O)[C@@H](O)[C@H]2O1. The predicted molar refractivity (Wildman–Crippen MR) is 40.8 cm³/mol. The van der Waals surface area contributed by atoms with E-state index in [-0.39, 0.29) is 0 Å². The maximum Gasteiger partial charge on any atom is 0.190 e. The van der Waals surface area contributed by atoms with Crippen LogP contribution in [0.3, 0.4) is 0 Å². The monoisotopic (exact) mass is 188 g/mol. The van der Waals surface area contributed by atoms with Gasteiger partial charge in [-0.15, -0.1) is 0 Å². The zero-order valence-electron chi connectivity index (χ0n) is 7.47. The van der Waals surface area contributed by atoms with Gasteiger partial charge in [-0.25, -0.2) is 0 Å². The molecule has 0 aromatic carbocycles. The first-order valence-corrected chi connectivity index (χ1v) is 4.18. The minimum atomic E-state index is -0.927. The first-order valence-electron chi connectivity index (χ1n) is 4.18. The van der Waals surface area contributed by atoms with Crippen LogP contribution in [0.25, 0.3) is 0 Å². The van der Waals surface area contributed by atoms with Gasteiger partial charge >= 0.3 is 0 Å². The molecular weight excluding hydrogens is 176 g/mol. The van der Waals surface area contributed by atoms with Gasteiger partial charge in [0.2, 0.25) is 0 Å². The van der Waals surface area contributed by atoms with Gasteiger partial charge in [0.05, 0.1) is 0 Å². The molecule has 74 valence electrons. The summed E-state index contributed by atoms with van der Waals surface area (Å²) in [7, 11) is 0. The van der Waals surface area contributed by atoms with Crippen LogP contribution in [0.4, 0.5) is 0 Å². The molecule has 2 rings (SSSR count). The average Bonchev–Trinajstić information content (AvgIpc) is 2.47. The van der Waals surface area contributed by atoms with Gasteiger partial charge < -0.3 is 24.1 Å². The fraction of sp³-hybridized carbons (Fsp3) is 0.875. The number of hydrogen-bond acceptors (Lipinski definition) is 5. The van der Waals surface area contributed by atoms with Crippen LogP contribution in [0.1, 0.15) is 13.8 Å². The molecule has 0 amide bonds. The van der Waals surface area contributed by atoms with Crippen LogP contribution in [0.2, 0.25) is 0 Å². The molecule has 0 bridgehead atoms. The highest BCUT2D eigenvalue weighted by atomic mass is 16.8. The number of fused-ring (bicyclic) bond motifs is 1. The fourth-order valence-electron chi connectivity index (χ4n) is 1.63. The van der Waals surface area contributed by atoms with E-state index < -0.39 is 30.4 Å². The summed E-state index contributed by atoms with van der Waals surface area (Å²) in [4.78, 5) is 10.4. The van der Waals surface area contributed by atoms with Gasteiger partial charge in [-0.3, -0.25) is 0 Å². The number of hydrogen-bond donors (Lipinski definition) is 1. The van der Waals surface area contributed by atoms with Crippen LogP contribution in [0, 0.1) is 0 Å². The quantitative estimate of drug-likeness (QED) is 0.558. The molecule has 0 aliphatic carbocycles. The minimum absolute atomic E-state index is 0.551. The van der Waals surface area contributed by atoms with E-state index in [1.165, 1.54) is 0 Å². The summed E-state index contributed by atoms with van der Waals surface area (Å²) in [6, 6.07) is 0. The summed E-state index contributed by atoms with van der Waals surface area (Å²) in [6.07, 6.45) is -2.37. The standard InChI is InChI=1S/C8H12O5/c1-8(2)12-6-5(10)4(3-9)11-7(6)13-8/h3-7,10H,1-2H3/t4-,5-,6-,7-/m1/s1. The molecule has 5 nitrogen and oxygen atoms in total. The van der Waals surface area contributed by atoms with E-state index in [9.17, 15) is 9.90 Å². The molecule has 5 heteroatoms. The van der Waals surface area contributed by atoms with E-state index in [1.54, 1.807) is 13.8 Å². The lowest BCUT2D eigenvalue weighted by molar-refractivity contribution is -0.212. The first-order chi connectivity index (χ1) is 6.03. The van der Waals surface area contributed by atoms with Crippen molar-refractivity contribution in [1.29, 1.82) is 0 Å². The molecule has 2 aliphatic heterocycles. The van der Waals surface area contributed by atoms with Crippen LogP contribution < -0.4 is 0 Å². The summed E-state index contributed by atoms with van der Waals surface area (Å²) in [5, 5.41) is 9.53. The van der Waals surface area contributed by atoms with Crippen LogP contribution in [0.5, 0.6) is 0 Å². The van der Waals surface area contributed by atoms with Crippen molar-refractivity contribution >= 4 is 6.29 Å². The van der Waals surface area contributed by atoms with Gasteiger partial charge in [0.15, 0.2) is 18.4 Å². The summed E-state index contributed by atoms with van der Waals surface area (Å²) in [5.74, 6) is -0.746. The zero-order valence-corrected chi connectivity index (χ0v) is 7.47. The second-order valence-corrected chi connectivity index (χ2v) is 3.70. The maximum absolute atomic E-state index is 10.4.